The molecule has 0 aliphatic carbocycles. The number of nitrogens with zero attached hydrogens (tertiary/aromatic N) is 1. The molecule has 4 rings (SSSR count). The van der Waals surface area contributed by atoms with Gasteiger partial charge in [0.1, 0.15) is 5.75 Å². The SMILES string of the molecule is C=C[C@@H]1CO[C@@]2(C(=O)Nc3c(Br)cccc32)N1c1ccc(OC)cc1. The first-order valence-corrected chi connectivity index (χ1v) is 8.71. The van der Waals surface area contributed by atoms with E-state index >= 15 is 0 Å². The summed E-state index contributed by atoms with van der Waals surface area (Å²) in [5, 5.41) is 2.95. The molecule has 2 aliphatic heterocycles. The number of hydrogen-bond acceptors (Lipinski definition) is 4. The van der Waals surface area contributed by atoms with E-state index in [4.69, 9.17) is 9.47 Å². The summed E-state index contributed by atoms with van der Waals surface area (Å²) in [7, 11) is 1.63. The van der Waals surface area contributed by atoms with Gasteiger partial charge in [0.25, 0.3) is 11.6 Å². The average Bonchev–Trinajstić information content (AvgIpc) is 3.16. The fraction of sp³-hybridized carbons (Fsp3) is 0.211. The summed E-state index contributed by atoms with van der Waals surface area (Å²) in [4.78, 5) is 15.0. The monoisotopic (exact) mass is 400 g/mol. The Bertz CT molecular complexity index is 852. The zero-order chi connectivity index (χ0) is 17.6. The minimum Gasteiger partial charge on any atom is -0.497 e. The molecule has 2 heterocycles. The minimum absolute atomic E-state index is 0.121. The van der Waals surface area contributed by atoms with Crippen LogP contribution < -0.4 is 15.0 Å². The van der Waals surface area contributed by atoms with E-state index in [2.05, 4.69) is 27.8 Å². The van der Waals surface area contributed by atoms with Gasteiger partial charge < -0.3 is 19.7 Å². The van der Waals surface area contributed by atoms with Crippen LogP contribution in [-0.2, 0) is 15.3 Å². The van der Waals surface area contributed by atoms with Gasteiger partial charge in [0.2, 0.25) is 0 Å². The summed E-state index contributed by atoms with van der Waals surface area (Å²) in [6, 6.07) is 13.2. The number of amides is 1. The minimum atomic E-state index is -1.20. The maximum Gasteiger partial charge on any atom is 0.283 e. The second kappa shape index (κ2) is 5.89. The number of anilines is 2. The largest absolute Gasteiger partial charge is 0.497 e. The van der Waals surface area contributed by atoms with Gasteiger partial charge in [0, 0.05) is 15.7 Å². The van der Waals surface area contributed by atoms with Crippen molar-refractivity contribution in [2.45, 2.75) is 11.8 Å². The van der Waals surface area contributed by atoms with E-state index in [1.165, 1.54) is 0 Å². The number of para-hydroxylation sites is 1. The van der Waals surface area contributed by atoms with Gasteiger partial charge in [0.15, 0.2) is 0 Å². The Kier molecular flexibility index (Phi) is 3.81. The molecule has 1 N–H and O–H groups in total. The van der Waals surface area contributed by atoms with Gasteiger partial charge in [-0.15, -0.1) is 6.58 Å². The Morgan fingerprint density at radius 3 is 2.80 bits per heavy atom. The van der Waals surface area contributed by atoms with Crippen molar-refractivity contribution in [1.82, 2.24) is 0 Å². The Hall–Kier alpha value is -2.31. The standard InChI is InChI=1S/C19H17BrN2O3/c1-3-12-11-25-19(22(12)13-7-9-14(24-2)10-8-13)15-5-4-6-16(20)17(15)21-18(19)23/h3-10,12H,1,11H2,2H3,(H,21,23)/t12-,19+/m1/s1. The van der Waals surface area contributed by atoms with Crippen molar-refractivity contribution in [3.63, 3.8) is 0 Å². The first-order chi connectivity index (χ1) is 12.1. The van der Waals surface area contributed by atoms with Crippen LogP contribution in [0, 0.1) is 0 Å². The van der Waals surface area contributed by atoms with E-state index in [0.29, 0.717) is 6.61 Å². The van der Waals surface area contributed by atoms with E-state index in [-0.39, 0.29) is 11.9 Å². The van der Waals surface area contributed by atoms with E-state index in [1.54, 1.807) is 7.11 Å². The highest BCUT2D eigenvalue weighted by molar-refractivity contribution is 9.10. The van der Waals surface area contributed by atoms with Crippen LogP contribution >= 0.6 is 15.9 Å². The van der Waals surface area contributed by atoms with Gasteiger partial charge >= 0.3 is 0 Å². The highest BCUT2D eigenvalue weighted by atomic mass is 79.9. The maximum absolute atomic E-state index is 13.0. The quantitative estimate of drug-likeness (QED) is 0.798. The zero-order valence-corrected chi connectivity index (χ0v) is 15.2. The average molecular weight is 401 g/mol. The molecular formula is C19H17BrN2O3. The lowest BCUT2D eigenvalue weighted by Crippen LogP contribution is -2.50. The number of hydrogen-bond donors (Lipinski definition) is 1. The van der Waals surface area contributed by atoms with Gasteiger partial charge in [-0.1, -0.05) is 18.2 Å². The molecule has 0 saturated carbocycles. The number of methoxy groups -OCH3 is 1. The van der Waals surface area contributed by atoms with Gasteiger partial charge in [-0.25, -0.2) is 0 Å². The molecule has 0 unspecified atom stereocenters. The molecule has 0 aromatic heterocycles. The first kappa shape index (κ1) is 16.2. The van der Waals surface area contributed by atoms with Crippen molar-refractivity contribution in [3.8, 4) is 5.75 Å². The van der Waals surface area contributed by atoms with Crippen LogP contribution in [0.5, 0.6) is 5.75 Å². The Balaban J connectivity index is 1.90. The Morgan fingerprint density at radius 2 is 2.12 bits per heavy atom. The van der Waals surface area contributed by atoms with Crippen LogP contribution in [0.1, 0.15) is 5.56 Å². The summed E-state index contributed by atoms with van der Waals surface area (Å²) in [5.41, 5.74) is 1.21. The summed E-state index contributed by atoms with van der Waals surface area (Å²) in [5.74, 6) is 0.557. The summed E-state index contributed by atoms with van der Waals surface area (Å²) in [6.07, 6.45) is 1.81. The highest BCUT2D eigenvalue weighted by Crippen LogP contribution is 2.50. The fourth-order valence-corrected chi connectivity index (χ4v) is 3.98. The smallest absolute Gasteiger partial charge is 0.283 e. The topological polar surface area (TPSA) is 50.8 Å². The van der Waals surface area contributed by atoms with Crippen molar-refractivity contribution >= 4 is 33.2 Å². The van der Waals surface area contributed by atoms with E-state index in [9.17, 15) is 4.79 Å². The fourth-order valence-electron chi connectivity index (χ4n) is 3.51. The van der Waals surface area contributed by atoms with Crippen molar-refractivity contribution in [3.05, 3.63) is 65.2 Å². The molecule has 128 valence electrons. The van der Waals surface area contributed by atoms with Crippen molar-refractivity contribution < 1.29 is 14.3 Å². The number of carbonyl (C=O) groups excluding carboxylic acids is 1. The summed E-state index contributed by atoms with van der Waals surface area (Å²) in [6.45, 7) is 4.30. The molecule has 1 fully saturated rings. The molecule has 6 heteroatoms. The molecule has 0 radical (unpaired) electrons. The number of nitrogens with one attached hydrogen (secondary N) is 1. The van der Waals surface area contributed by atoms with Crippen molar-refractivity contribution in [1.29, 1.82) is 0 Å². The molecule has 5 nitrogen and oxygen atoms in total. The van der Waals surface area contributed by atoms with Gasteiger partial charge in [-0.05, 0) is 46.3 Å². The molecule has 2 aliphatic rings. The molecule has 1 saturated heterocycles. The van der Waals surface area contributed by atoms with Gasteiger partial charge in [0.05, 0.1) is 25.4 Å². The van der Waals surface area contributed by atoms with Crippen molar-refractivity contribution in [2.24, 2.45) is 0 Å². The molecular weight excluding hydrogens is 384 g/mol. The van der Waals surface area contributed by atoms with Crippen LogP contribution in [0.3, 0.4) is 0 Å². The van der Waals surface area contributed by atoms with E-state index in [0.717, 1.165) is 27.2 Å². The van der Waals surface area contributed by atoms with Crippen LogP contribution in [0.2, 0.25) is 0 Å². The van der Waals surface area contributed by atoms with Crippen LogP contribution in [0.15, 0.2) is 59.6 Å². The highest BCUT2D eigenvalue weighted by Gasteiger charge is 2.58. The summed E-state index contributed by atoms with van der Waals surface area (Å²) >= 11 is 3.51. The lowest BCUT2D eigenvalue weighted by atomic mass is 10.0. The third kappa shape index (κ3) is 2.21. The van der Waals surface area contributed by atoms with Crippen molar-refractivity contribution in [2.75, 3.05) is 23.9 Å². The molecule has 0 bridgehead atoms. The predicted molar refractivity (Wildman–Crippen MR) is 99.9 cm³/mol. The zero-order valence-electron chi connectivity index (χ0n) is 13.7. The second-order valence-corrected chi connectivity index (χ2v) is 6.80. The first-order valence-electron chi connectivity index (χ1n) is 7.92. The van der Waals surface area contributed by atoms with Crippen LogP contribution in [-0.4, -0.2) is 25.7 Å². The molecule has 2 aromatic rings. The normalized spacial score (nSPS) is 24.3. The number of ether oxygens (including phenoxy) is 2. The van der Waals surface area contributed by atoms with Crippen LogP contribution in [0.25, 0.3) is 0 Å². The lowest BCUT2D eigenvalue weighted by molar-refractivity contribution is -0.134. The predicted octanol–water partition coefficient (Wildman–Crippen LogP) is 3.65. The second-order valence-electron chi connectivity index (χ2n) is 5.94. The third-order valence-electron chi connectivity index (χ3n) is 4.68. The van der Waals surface area contributed by atoms with E-state index in [1.807, 2.05) is 53.4 Å². The molecule has 1 spiro atoms. The molecule has 2 atom stereocenters. The Labute approximate surface area is 154 Å². The summed E-state index contributed by atoms with van der Waals surface area (Å²) < 4.78 is 12.2. The molecule has 1 amide bonds. The van der Waals surface area contributed by atoms with E-state index < -0.39 is 5.72 Å². The Morgan fingerprint density at radius 1 is 1.36 bits per heavy atom. The number of halogens is 1. The third-order valence-corrected chi connectivity index (χ3v) is 5.34. The number of rotatable bonds is 3. The number of carbonyl (C=O) groups is 1. The van der Waals surface area contributed by atoms with Crippen LogP contribution in [0.4, 0.5) is 11.4 Å². The molecule has 25 heavy (non-hydrogen) atoms. The van der Waals surface area contributed by atoms with Gasteiger partial charge in [-0.2, -0.15) is 0 Å². The maximum atomic E-state index is 13.0. The number of benzene rings is 2. The number of fused-ring (bicyclic) bond motifs is 2. The lowest BCUT2D eigenvalue weighted by Gasteiger charge is -2.35. The molecule has 2 aromatic carbocycles. The van der Waals surface area contributed by atoms with Gasteiger partial charge in [-0.3, -0.25) is 4.79 Å².